The highest BCUT2D eigenvalue weighted by molar-refractivity contribution is 6.09. The van der Waals surface area contributed by atoms with E-state index in [-0.39, 0.29) is 0 Å². The topological polar surface area (TPSA) is 258 Å². The summed E-state index contributed by atoms with van der Waals surface area (Å²) in [6.07, 6.45) is 0. The van der Waals surface area contributed by atoms with E-state index >= 15 is 0 Å². The number of aromatic nitrogens is 8. The number of aromatic carboxylic acids is 4. The van der Waals surface area contributed by atoms with E-state index in [1.165, 1.54) is 0 Å². The van der Waals surface area contributed by atoms with Gasteiger partial charge in [0.05, 0.1) is 22.3 Å². The van der Waals surface area contributed by atoms with Gasteiger partial charge >= 0.3 is 23.9 Å². The fourth-order valence-corrected chi connectivity index (χ4v) is 6.90. The highest BCUT2D eigenvalue weighted by Gasteiger charge is 2.25. The van der Waals surface area contributed by atoms with E-state index in [0.717, 1.165) is 43.8 Å². The minimum atomic E-state index is -1.66. The molecule has 3 aromatic heterocycles. The Bertz CT molecular complexity index is 2860. The molecular weight excluding hydrogens is 745 g/mol. The van der Waals surface area contributed by atoms with Crippen LogP contribution in [0.5, 0.6) is 0 Å². The first kappa shape index (κ1) is 35.1. The van der Waals surface area contributed by atoms with Crippen LogP contribution in [0.1, 0.15) is 41.4 Å². The number of nitrogens with zero attached hydrogens (tertiary/aromatic N) is 6. The number of benzene rings is 5. The molecule has 8 bridgehead atoms. The molecule has 0 amide bonds. The molecule has 280 valence electrons. The predicted octanol–water partition coefficient (Wildman–Crippen LogP) is 7.35. The number of fused-ring (bicyclic) bond motifs is 20. The number of aromatic amines is 2. The van der Waals surface area contributed by atoms with E-state index in [4.69, 9.17) is 50.3 Å². The van der Waals surface area contributed by atoms with E-state index in [1.807, 2.05) is 97.1 Å². The highest BCUT2D eigenvalue weighted by atomic mass is 16.4. The van der Waals surface area contributed by atoms with Crippen molar-refractivity contribution >= 4 is 68.0 Å². The summed E-state index contributed by atoms with van der Waals surface area (Å²) in [5, 5.41) is 38.8. The molecule has 2 aliphatic rings. The minimum Gasteiger partial charge on any atom is -0.478 e. The van der Waals surface area contributed by atoms with Crippen LogP contribution in [0.4, 0.5) is 0 Å². The molecule has 0 saturated heterocycles. The summed E-state index contributed by atoms with van der Waals surface area (Å²) < 4.78 is 0. The number of hydrogen-bond acceptors (Lipinski definition) is 10. The Morgan fingerprint density at radius 2 is 0.569 bits per heavy atom. The molecule has 0 aliphatic carbocycles. The van der Waals surface area contributed by atoms with Gasteiger partial charge in [-0.2, -0.15) is 0 Å². The van der Waals surface area contributed by atoms with Gasteiger partial charge in [0.2, 0.25) is 0 Å². The molecule has 16 heteroatoms. The van der Waals surface area contributed by atoms with Gasteiger partial charge in [0.1, 0.15) is 22.6 Å². The maximum Gasteiger partial charge on any atom is 0.336 e. The summed E-state index contributed by atoms with van der Waals surface area (Å²) in [6, 6.07) is 33.3. The molecule has 8 aromatic rings. The zero-order valence-electron chi connectivity index (χ0n) is 29.5. The van der Waals surface area contributed by atoms with Crippen LogP contribution in [0.2, 0.25) is 0 Å². The summed E-state index contributed by atoms with van der Waals surface area (Å²) in [5.41, 5.74) is 3.30. The van der Waals surface area contributed by atoms with Gasteiger partial charge < -0.3 is 30.4 Å². The van der Waals surface area contributed by atoms with Crippen LogP contribution in [0.25, 0.3) is 89.7 Å². The van der Waals surface area contributed by atoms with Crippen LogP contribution >= 0.6 is 0 Å². The van der Waals surface area contributed by atoms with Crippen molar-refractivity contribution in [1.29, 1.82) is 0 Å². The van der Waals surface area contributed by atoms with Gasteiger partial charge in [-0.1, -0.05) is 97.1 Å². The van der Waals surface area contributed by atoms with Crippen LogP contribution in [-0.2, 0) is 0 Å². The number of carboxylic acids is 4. The summed E-state index contributed by atoms with van der Waals surface area (Å²) in [7, 11) is 0. The van der Waals surface area contributed by atoms with E-state index in [0.29, 0.717) is 58.0 Å². The fraction of sp³-hybridized carbons (Fsp3) is 0. The first-order valence-corrected chi connectivity index (χ1v) is 17.4. The number of H-pyrrole nitrogens is 2. The van der Waals surface area contributed by atoms with Crippen molar-refractivity contribution in [2.45, 2.75) is 0 Å². The maximum absolute atomic E-state index is 10.8. The van der Waals surface area contributed by atoms with Crippen molar-refractivity contribution in [1.82, 2.24) is 39.9 Å². The maximum atomic E-state index is 10.8. The average Bonchev–Trinajstić information content (AvgIpc) is 3.96. The Morgan fingerprint density at radius 3 is 0.793 bits per heavy atom. The normalized spacial score (nSPS) is 11.3. The third-order valence-corrected chi connectivity index (χ3v) is 9.54. The average molecular weight is 769 g/mol. The second-order valence-electron chi connectivity index (χ2n) is 13.0. The van der Waals surface area contributed by atoms with Crippen LogP contribution in [0, 0.1) is 0 Å². The lowest BCUT2D eigenvalue weighted by atomic mass is 9.98. The third-order valence-electron chi connectivity index (χ3n) is 9.54. The monoisotopic (exact) mass is 768 g/mol. The Balaban J connectivity index is 0.000000206. The Labute approximate surface area is 323 Å². The highest BCUT2D eigenvalue weighted by Crippen LogP contribution is 2.36. The lowest BCUT2D eigenvalue weighted by Gasteiger charge is -2.06. The number of carbonyl (C=O) groups is 4. The third kappa shape index (κ3) is 5.89. The van der Waals surface area contributed by atoms with Crippen molar-refractivity contribution in [3.8, 4) is 45.6 Å². The summed E-state index contributed by atoms with van der Waals surface area (Å²) in [6.45, 7) is 0. The Morgan fingerprint density at radius 1 is 0.345 bits per heavy atom. The second-order valence-corrected chi connectivity index (χ2v) is 13.0. The Hall–Kier alpha value is -8.66. The standard InChI is InChI=1S/C32H18N8.C10H6O8/c1-2-10-18-17(9-1)25-33-26(18)38-28-21-13-5-6-14-22(21)30(35-28)40-32-24-16-8-7-15-23(24)31(36-32)39-29-20-12-4-3-11-19(20)27(34-29)37-25;11-7(12)3-1-4(8(13)14)6(10(17)18)2-5(3)9(15)16/h1-16H,(H2,33,34,35,36,37,38,39,40);1-2H,(H,11,12)(H,13,14)(H,15,16)(H,17,18). The van der Waals surface area contributed by atoms with Crippen LogP contribution in [-0.4, -0.2) is 84.2 Å². The van der Waals surface area contributed by atoms with Gasteiger partial charge in [-0.15, -0.1) is 0 Å². The van der Waals surface area contributed by atoms with E-state index < -0.39 is 46.1 Å². The van der Waals surface area contributed by atoms with Crippen molar-refractivity contribution in [3.05, 3.63) is 131 Å². The van der Waals surface area contributed by atoms with E-state index in [9.17, 15) is 19.2 Å². The van der Waals surface area contributed by atoms with Crippen LogP contribution < -0.4 is 0 Å². The molecule has 0 radical (unpaired) electrons. The quantitative estimate of drug-likeness (QED) is 0.102. The predicted molar refractivity (Wildman–Crippen MR) is 210 cm³/mol. The first-order valence-electron chi connectivity index (χ1n) is 17.4. The van der Waals surface area contributed by atoms with Gasteiger partial charge in [0.15, 0.2) is 23.3 Å². The molecule has 5 heterocycles. The van der Waals surface area contributed by atoms with Crippen molar-refractivity contribution in [2.75, 3.05) is 0 Å². The first-order chi connectivity index (χ1) is 28.0. The number of carboxylic acid groups (broad SMARTS) is 4. The molecule has 10 rings (SSSR count). The minimum absolute atomic E-state index is 0.511. The van der Waals surface area contributed by atoms with Crippen LogP contribution in [0.15, 0.2) is 109 Å². The lowest BCUT2D eigenvalue weighted by Crippen LogP contribution is -2.15. The molecule has 2 aliphatic heterocycles. The number of hydrogen-bond donors (Lipinski definition) is 6. The summed E-state index contributed by atoms with van der Waals surface area (Å²) in [5.74, 6) is -4.25. The molecule has 0 saturated carbocycles. The largest absolute Gasteiger partial charge is 0.478 e. The van der Waals surface area contributed by atoms with Crippen molar-refractivity contribution in [3.63, 3.8) is 0 Å². The molecule has 6 N–H and O–H groups in total. The fourth-order valence-electron chi connectivity index (χ4n) is 6.90. The summed E-state index contributed by atoms with van der Waals surface area (Å²) in [4.78, 5) is 79.9. The van der Waals surface area contributed by atoms with Gasteiger partial charge in [-0.05, 0) is 12.1 Å². The van der Waals surface area contributed by atoms with Gasteiger partial charge in [0, 0.05) is 43.8 Å². The van der Waals surface area contributed by atoms with Gasteiger partial charge in [0.25, 0.3) is 0 Å². The second kappa shape index (κ2) is 13.6. The SMILES string of the molecule is O=C(O)c1cc(C(=O)O)c(C(=O)O)cc1C(=O)O.c1ccc2c(c1)-c1nc-2nc2[nH]c(nc3nc(nc4[nH]c(n1)c1ccccc41)-c1ccccc1-3)c1ccccc21. The Kier molecular flexibility index (Phi) is 8.21. The van der Waals surface area contributed by atoms with Gasteiger partial charge in [-0.3, -0.25) is 0 Å². The number of rotatable bonds is 4. The molecule has 0 spiro atoms. The molecule has 5 aromatic carbocycles. The van der Waals surface area contributed by atoms with E-state index in [1.54, 1.807) is 0 Å². The van der Waals surface area contributed by atoms with E-state index in [2.05, 4.69) is 9.97 Å². The molecule has 0 atom stereocenters. The van der Waals surface area contributed by atoms with Crippen molar-refractivity contribution < 1.29 is 39.6 Å². The molecule has 58 heavy (non-hydrogen) atoms. The van der Waals surface area contributed by atoms with Crippen molar-refractivity contribution in [2.24, 2.45) is 0 Å². The van der Waals surface area contributed by atoms with Gasteiger partial charge in [-0.25, -0.2) is 49.1 Å². The number of nitrogens with one attached hydrogen (secondary N) is 2. The smallest absolute Gasteiger partial charge is 0.336 e. The molecular formula is C42H24N8O8. The molecule has 16 nitrogen and oxygen atoms in total. The molecule has 0 unspecified atom stereocenters. The van der Waals surface area contributed by atoms with Crippen LogP contribution in [0.3, 0.4) is 0 Å². The molecule has 0 fully saturated rings. The lowest BCUT2D eigenvalue weighted by molar-refractivity contribution is 0.0637. The zero-order chi connectivity index (χ0) is 40.2. The summed E-state index contributed by atoms with van der Waals surface area (Å²) >= 11 is 0. The zero-order valence-corrected chi connectivity index (χ0v) is 29.5.